The predicted molar refractivity (Wildman–Crippen MR) is 85.6 cm³/mol. The van der Waals surface area contributed by atoms with E-state index in [-0.39, 0.29) is 0 Å². The van der Waals surface area contributed by atoms with E-state index < -0.39 is 0 Å². The number of benzene rings is 1. The molecule has 21 heavy (non-hydrogen) atoms. The van der Waals surface area contributed by atoms with Gasteiger partial charge in [0.1, 0.15) is 0 Å². The first-order valence-electron chi connectivity index (χ1n) is 7.70. The molecule has 4 rings (SSSR count). The van der Waals surface area contributed by atoms with Gasteiger partial charge in [0.2, 0.25) is 5.91 Å². The SMILES string of the molecule is O=C(C1CC1)N1CCC(Nc2nc3ccccc3s2)CC1. The minimum absolute atomic E-state index is 0.346. The molecule has 0 atom stereocenters. The first-order chi connectivity index (χ1) is 10.3. The van der Waals surface area contributed by atoms with Crippen LogP contribution in [0.2, 0.25) is 0 Å². The lowest BCUT2D eigenvalue weighted by Gasteiger charge is -2.32. The molecule has 0 bridgehead atoms. The molecule has 1 aromatic heterocycles. The zero-order valence-corrected chi connectivity index (χ0v) is 12.7. The average molecular weight is 301 g/mol. The Balaban J connectivity index is 1.36. The van der Waals surface area contributed by atoms with Gasteiger partial charge in [-0.1, -0.05) is 23.5 Å². The monoisotopic (exact) mass is 301 g/mol. The molecule has 1 aliphatic heterocycles. The summed E-state index contributed by atoms with van der Waals surface area (Å²) in [5.74, 6) is 0.729. The van der Waals surface area contributed by atoms with Gasteiger partial charge in [0.15, 0.2) is 5.13 Å². The van der Waals surface area contributed by atoms with E-state index in [0.717, 1.165) is 49.4 Å². The number of nitrogens with zero attached hydrogens (tertiary/aromatic N) is 2. The predicted octanol–water partition coefficient (Wildman–Crippen LogP) is 3.11. The van der Waals surface area contributed by atoms with E-state index in [1.165, 1.54) is 4.70 Å². The van der Waals surface area contributed by atoms with Crippen molar-refractivity contribution in [3.05, 3.63) is 24.3 Å². The van der Waals surface area contributed by atoms with Gasteiger partial charge in [-0.15, -0.1) is 0 Å². The summed E-state index contributed by atoms with van der Waals surface area (Å²) in [7, 11) is 0. The zero-order valence-electron chi connectivity index (χ0n) is 11.9. The number of rotatable bonds is 3. The maximum atomic E-state index is 12.0. The molecule has 5 heteroatoms. The van der Waals surface area contributed by atoms with Crippen LogP contribution in [-0.2, 0) is 4.79 Å². The van der Waals surface area contributed by atoms with Crippen molar-refractivity contribution in [3.8, 4) is 0 Å². The smallest absolute Gasteiger partial charge is 0.225 e. The van der Waals surface area contributed by atoms with Crippen LogP contribution in [0.3, 0.4) is 0 Å². The molecule has 2 heterocycles. The lowest BCUT2D eigenvalue weighted by molar-refractivity contribution is -0.133. The molecule has 0 radical (unpaired) electrons. The first kappa shape index (κ1) is 13.1. The fourth-order valence-corrected chi connectivity index (χ4v) is 3.88. The fourth-order valence-electron chi connectivity index (χ4n) is 2.94. The number of hydrogen-bond donors (Lipinski definition) is 1. The number of carbonyl (C=O) groups excluding carboxylic acids is 1. The third-order valence-corrected chi connectivity index (χ3v) is 5.32. The molecular weight excluding hydrogens is 282 g/mol. The maximum Gasteiger partial charge on any atom is 0.225 e. The second-order valence-corrected chi connectivity index (χ2v) is 7.04. The Morgan fingerprint density at radius 2 is 1.95 bits per heavy atom. The van der Waals surface area contributed by atoms with Crippen LogP contribution in [-0.4, -0.2) is 34.9 Å². The van der Waals surface area contributed by atoms with Crippen molar-refractivity contribution in [2.24, 2.45) is 5.92 Å². The summed E-state index contributed by atoms with van der Waals surface area (Å²) in [6, 6.07) is 8.66. The highest BCUT2D eigenvalue weighted by Crippen LogP contribution is 2.32. The summed E-state index contributed by atoms with van der Waals surface area (Å²) < 4.78 is 1.22. The van der Waals surface area contributed by atoms with Crippen LogP contribution in [0.4, 0.5) is 5.13 Å². The molecule has 1 saturated heterocycles. The second kappa shape index (κ2) is 5.30. The lowest BCUT2D eigenvalue weighted by Crippen LogP contribution is -2.43. The van der Waals surface area contributed by atoms with Crippen molar-refractivity contribution in [2.45, 2.75) is 31.7 Å². The van der Waals surface area contributed by atoms with Gasteiger partial charge in [-0.2, -0.15) is 0 Å². The summed E-state index contributed by atoms with van der Waals surface area (Å²) >= 11 is 1.71. The molecule has 2 fully saturated rings. The Labute approximate surface area is 128 Å². The number of para-hydroxylation sites is 1. The van der Waals surface area contributed by atoms with Gasteiger partial charge in [0.05, 0.1) is 10.2 Å². The van der Waals surface area contributed by atoms with Crippen molar-refractivity contribution < 1.29 is 4.79 Å². The molecule has 2 aromatic rings. The van der Waals surface area contributed by atoms with Gasteiger partial charge in [0.25, 0.3) is 0 Å². The van der Waals surface area contributed by atoms with Crippen LogP contribution < -0.4 is 5.32 Å². The van der Waals surface area contributed by atoms with Crippen LogP contribution in [0, 0.1) is 5.92 Å². The van der Waals surface area contributed by atoms with Crippen molar-refractivity contribution in [1.29, 1.82) is 0 Å². The Kier molecular flexibility index (Phi) is 3.30. The highest BCUT2D eigenvalue weighted by Gasteiger charge is 2.34. The third-order valence-electron chi connectivity index (χ3n) is 4.35. The molecule has 2 aliphatic rings. The number of thiazole rings is 1. The number of carbonyl (C=O) groups is 1. The molecule has 1 amide bonds. The summed E-state index contributed by atoms with van der Waals surface area (Å²) in [6.45, 7) is 1.77. The van der Waals surface area contributed by atoms with Crippen molar-refractivity contribution >= 4 is 32.6 Å². The van der Waals surface area contributed by atoms with E-state index in [0.29, 0.717) is 17.9 Å². The standard InChI is InChI=1S/C16H19N3OS/c20-15(11-5-6-11)19-9-7-12(8-10-19)17-16-18-13-3-1-2-4-14(13)21-16/h1-4,11-12H,5-10H2,(H,17,18). The maximum absolute atomic E-state index is 12.0. The van der Waals surface area contributed by atoms with Gasteiger partial charge in [-0.05, 0) is 37.8 Å². The lowest BCUT2D eigenvalue weighted by atomic mass is 10.0. The number of nitrogens with one attached hydrogen (secondary N) is 1. The molecule has 4 nitrogen and oxygen atoms in total. The van der Waals surface area contributed by atoms with Crippen LogP contribution in [0.1, 0.15) is 25.7 Å². The van der Waals surface area contributed by atoms with Gasteiger partial charge in [-0.3, -0.25) is 4.79 Å². The highest BCUT2D eigenvalue weighted by atomic mass is 32.1. The van der Waals surface area contributed by atoms with Crippen molar-refractivity contribution in [1.82, 2.24) is 9.88 Å². The van der Waals surface area contributed by atoms with E-state index in [2.05, 4.69) is 16.4 Å². The average Bonchev–Trinajstić information content (AvgIpc) is 3.27. The van der Waals surface area contributed by atoms with Crippen LogP contribution in [0.15, 0.2) is 24.3 Å². The largest absolute Gasteiger partial charge is 0.359 e. The Morgan fingerprint density at radius 3 is 2.67 bits per heavy atom. The number of piperidine rings is 1. The molecular formula is C16H19N3OS. The Bertz CT molecular complexity index is 623. The molecule has 0 spiro atoms. The molecule has 1 aliphatic carbocycles. The van der Waals surface area contributed by atoms with Gasteiger partial charge in [0, 0.05) is 25.0 Å². The van der Waals surface area contributed by atoms with Crippen LogP contribution in [0.5, 0.6) is 0 Å². The quantitative estimate of drug-likeness (QED) is 0.947. The normalized spacial score (nSPS) is 19.9. The van der Waals surface area contributed by atoms with Crippen LogP contribution in [0.25, 0.3) is 10.2 Å². The summed E-state index contributed by atoms with van der Waals surface area (Å²) in [5.41, 5.74) is 1.06. The minimum atomic E-state index is 0.346. The minimum Gasteiger partial charge on any atom is -0.359 e. The summed E-state index contributed by atoms with van der Waals surface area (Å²) in [4.78, 5) is 18.7. The number of aromatic nitrogens is 1. The van der Waals surface area contributed by atoms with E-state index in [1.54, 1.807) is 11.3 Å². The molecule has 0 unspecified atom stereocenters. The van der Waals surface area contributed by atoms with Gasteiger partial charge >= 0.3 is 0 Å². The highest BCUT2D eigenvalue weighted by molar-refractivity contribution is 7.22. The van der Waals surface area contributed by atoms with E-state index >= 15 is 0 Å². The molecule has 1 N–H and O–H groups in total. The van der Waals surface area contributed by atoms with Gasteiger partial charge in [-0.25, -0.2) is 4.98 Å². The number of amides is 1. The number of hydrogen-bond acceptors (Lipinski definition) is 4. The zero-order chi connectivity index (χ0) is 14.2. The van der Waals surface area contributed by atoms with E-state index in [4.69, 9.17) is 0 Å². The fraction of sp³-hybridized carbons (Fsp3) is 0.500. The molecule has 110 valence electrons. The van der Waals surface area contributed by atoms with Gasteiger partial charge < -0.3 is 10.2 Å². The van der Waals surface area contributed by atoms with Crippen molar-refractivity contribution in [3.63, 3.8) is 0 Å². The second-order valence-electron chi connectivity index (χ2n) is 6.00. The Hall–Kier alpha value is -1.62. The first-order valence-corrected chi connectivity index (χ1v) is 8.52. The Morgan fingerprint density at radius 1 is 1.19 bits per heavy atom. The molecule has 1 aromatic carbocycles. The van der Waals surface area contributed by atoms with E-state index in [9.17, 15) is 4.79 Å². The molecule has 1 saturated carbocycles. The van der Waals surface area contributed by atoms with E-state index in [1.807, 2.05) is 23.1 Å². The summed E-state index contributed by atoms with van der Waals surface area (Å²) in [6.07, 6.45) is 4.24. The van der Waals surface area contributed by atoms with Crippen molar-refractivity contribution in [2.75, 3.05) is 18.4 Å². The summed E-state index contributed by atoms with van der Waals surface area (Å²) in [5, 5.41) is 4.55. The van der Waals surface area contributed by atoms with Crippen LogP contribution >= 0.6 is 11.3 Å². The topological polar surface area (TPSA) is 45.2 Å². The number of likely N-dealkylation sites (tertiary alicyclic amines) is 1. The third kappa shape index (κ3) is 2.75. The number of fused-ring (bicyclic) bond motifs is 1. The number of anilines is 1.